The van der Waals surface area contributed by atoms with Gasteiger partial charge in [-0.15, -0.1) is 0 Å². The molecule has 0 fully saturated rings. The molecule has 4 amide bonds. The van der Waals surface area contributed by atoms with Crippen LogP contribution in [0.3, 0.4) is 0 Å². The van der Waals surface area contributed by atoms with Gasteiger partial charge in [-0.05, 0) is 43.7 Å². The lowest BCUT2D eigenvalue weighted by molar-refractivity contribution is -0.137. The maximum Gasteiger partial charge on any atom is 0.255 e. The van der Waals surface area contributed by atoms with Gasteiger partial charge in [0.15, 0.2) is 0 Å². The normalized spacial score (nSPS) is 17.9. The van der Waals surface area contributed by atoms with Crippen LogP contribution in [0.2, 0.25) is 0 Å². The van der Waals surface area contributed by atoms with Crippen LogP contribution in [0.15, 0.2) is 78.9 Å². The predicted octanol–water partition coefficient (Wildman–Crippen LogP) is 2.65. The van der Waals surface area contributed by atoms with Gasteiger partial charge in [0.25, 0.3) is 5.91 Å². The van der Waals surface area contributed by atoms with E-state index in [4.69, 9.17) is 9.47 Å². The Balaban J connectivity index is 1.53. The van der Waals surface area contributed by atoms with Crippen LogP contribution in [0.4, 0.5) is 0 Å². The van der Waals surface area contributed by atoms with Gasteiger partial charge < -0.3 is 30.3 Å². The fourth-order valence-electron chi connectivity index (χ4n) is 4.73. The van der Waals surface area contributed by atoms with Gasteiger partial charge in [-0.25, -0.2) is 0 Å². The molecule has 10 nitrogen and oxygen atoms in total. The second kappa shape index (κ2) is 15.4. The zero-order chi connectivity index (χ0) is 30.6. The van der Waals surface area contributed by atoms with Gasteiger partial charge in [0.2, 0.25) is 17.7 Å². The standard InChI is InChI=1S/C33H38N4O6/c1-3-37-18-20-43-29-12-8-7-11-26(29)31(39)36-27(32(40)34-17-19-42-25-15-13-23(2)14-16-25)22-30(38)35-28(33(37)41)21-24-9-5-4-6-10-24/h4-16,27-28H,3,17-22H2,1-2H3,(H,34,40)(H,35,38)(H,36,39)/t27-,28+/m0/s1. The van der Waals surface area contributed by atoms with Crippen molar-refractivity contribution in [3.8, 4) is 11.5 Å². The number of hydrogen-bond donors (Lipinski definition) is 3. The van der Waals surface area contributed by atoms with Gasteiger partial charge >= 0.3 is 0 Å². The molecular formula is C33H38N4O6. The molecule has 0 saturated heterocycles. The molecule has 10 heteroatoms. The van der Waals surface area contributed by atoms with Gasteiger partial charge in [0.1, 0.15) is 36.8 Å². The first kappa shape index (κ1) is 31.1. The Kier molecular flexibility index (Phi) is 11.1. The van der Waals surface area contributed by atoms with Crippen molar-refractivity contribution in [3.63, 3.8) is 0 Å². The fourth-order valence-corrected chi connectivity index (χ4v) is 4.73. The number of benzene rings is 3. The quantitative estimate of drug-likeness (QED) is 0.349. The van der Waals surface area contributed by atoms with Crippen LogP contribution >= 0.6 is 0 Å². The highest BCUT2D eigenvalue weighted by Gasteiger charge is 2.30. The van der Waals surface area contributed by atoms with Gasteiger partial charge in [-0.3, -0.25) is 19.2 Å². The highest BCUT2D eigenvalue weighted by molar-refractivity contribution is 6.01. The zero-order valence-electron chi connectivity index (χ0n) is 24.5. The molecule has 43 heavy (non-hydrogen) atoms. The van der Waals surface area contributed by atoms with E-state index in [0.29, 0.717) is 18.0 Å². The van der Waals surface area contributed by atoms with E-state index >= 15 is 0 Å². The largest absolute Gasteiger partial charge is 0.492 e. The van der Waals surface area contributed by atoms with Crippen molar-refractivity contribution in [2.24, 2.45) is 0 Å². The van der Waals surface area contributed by atoms with Crippen LogP contribution in [0.25, 0.3) is 0 Å². The van der Waals surface area contributed by atoms with Crippen molar-refractivity contribution in [3.05, 3.63) is 95.6 Å². The molecule has 0 unspecified atom stereocenters. The Labute approximate surface area is 251 Å². The molecule has 4 rings (SSSR count). The van der Waals surface area contributed by atoms with Crippen LogP contribution in [-0.2, 0) is 20.8 Å². The van der Waals surface area contributed by atoms with Crippen molar-refractivity contribution in [1.82, 2.24) is 20.9 Å². The highest BCUT2D eigenvalue weighted by atomic mass is 16.5. The highest BCUT2D eigenvalue weighted by Crippen LogP contribution is 2.19. The molecule has 0 aromatic heterocycles. The monoisotopic (exact) mass is 586 g/mol. The number of likely N-dealkylation sites (N-methyl/N-ethyl adjacent to an activating group) is 1. The van der Waals surface area contributed by atoms with Crippen LogP contribution in [0, 0.1) is 6.92 Å². The number of carbonyl (C=O) groups excluding carboxylic acids is 4. The van der Waals surface area contributed by atoms with Gasteiger partial charge in [0, 0.05) is 13.0 Å². The molecule has 0 aliphatic carbocycles. The molecule has 0 spiro atoms. The fraction of sp³-hybridized carbons (Fsp3) is 0.333. The summed E-state index contributed by atoms with van der Waals surface area (Å²) < 4.78 is 11.6. The van der Waals surface area contributed by atoms with Crippen molar-refractivity contribution >= 4 is 23.6 Å². The average molecular weight is 587 g/mol. The summed E-state index contributed by atoms with van der Waals surface area (Å²) in [5.41, 5.74) is 2.20. The Morgan fingerprint density at radius 2 is 1.70 bits per heavy atom. The van der Waals surface area contributed by atoms with Crippen molar-refractivity contribution < 1.29 is 28.7 Å². The van der Waals surface area contributed by atoms with E-state index in [0.717, 1.165) is 11.1 Å². The molecule has 226 valence electrons. The summed E-state index contributed by atoms with van der Waals surface area (Å²) in [6, 6.07) is 21.5. The zero-order valence-corrected chi connectivity index (χ0v) is 24.5. The van der Waals surface area contributed by atoms with Crippen molar-refractivity contribution in [1.29, 1.82) is 0 Å². The van der Waals surface area contributed by atoms with Crippen LogP contribution < -0.4 is 25.4 Å². The maximum atomic E-state index is 13.6. The van der Waals surface area contributed by atoms with E-state index in [2.05, 4.69) is 16.0 Å². The van der Waals surface area contributed by atoms with E-state index in [1.165, 1.54) is 0 Å². The minimum Gasteiger partial charge on any atom is -0.492 e. The molecule has 1 aliphatic heterocycles. The van der Waals surface area contributed by atoms with E-state index in [1.54, 1.807) is 29.2 Å². The lowest BCUT2D eigenvalue weighted by Gasteiger charge is -2.28. The van der Waals surface area contributed by atoms with Crippen LogP contribution in [0.1, 0.15) is 34.8 Å². The number of nitrogens with zero attached hydrogens (tertiary/aromatic N) is 1. The minimum atomic E-state index is -1.21. The first-order chi connectivity index (χ1) is 20.8. The number of aryl methyl sites for hydroxylation is 1. The van der Waals surface area contributed by atoms with Gasteiger partial charge in [-0.2, -0.15) is 0 Å². The Morgan fingerprint density at radius 1 is 0.977 bits per heavy atom. The smallest absolute Gasteiger partial charge is 0.255 e. The number of hydrogen-bond acceptors (Lipinski definition) is 6. The summed E-state index contributed by atoms with van der Waals surface area (Å²) >= 11 is 0. The molecule has 0 bridgehead atoms. The SMILES string of the molecule is CCN1CCOc2ccccc2C(=O)N[C@H](C(=O)NCCOc2ccc(C)cc2)CC(=O)N[C@H](Cc2ccccc2)C1=O. The summed E-state index contributed by atoms with van der Waals surface area (Å²) in [6.45, 7) is 4.99. The number of nitrogens with one attached hydrogen (secondary N) is 3. The summed E-state index contributed by atoms with van der Waals surface area (Å²) in [4.78, 5) is 55.2. The molecule has 3 aromatic carbocycles. The number of carbonyl (C=O) groups is 4. The molecule has 1 heterocycles. The van der Waals surface area contributed by atoms with E-state index in [9.17, 15) is 19.2 Å². The lowest BCUT2D eigenvalue weighted by Crippen LogP contribution is -2.54. The maximum absolute atomic E-state index is 13.6. The molecule has 3 aromatic rings. The van der Waals surface area contributed by atoms with E-state index in [-0.39, 0.29) is 50.6 Å². The van der Waals surface area contributed by atoms with Crippen molar-refractivity contribution in [2.75, 3.05) is 32.8 Å². The van der Waals surface area contributed by atoms with Gasteiger partial charge in [0.05, 0.1) is 25.1 Å². The number of fused-ring (bicyclic) bond motifs is 1. The van der Waals surface area contributed by atoms with Crippen molar-refractivity contribution in [2.45, 2.75) is 38.8 Å². The average Bonchev–Trinajstić information content (AvgIpc) is 3.01. The third kappa shape index (κ3) is 9.06. The van der Waals surface area contributed by atoms with E-state index < -0.39 is 29.8 Å². The summed E-state index contributed by atoms with van der Waals surface area (Å²) in [6.07, 6.45) is -0.102. The molecular weight excluding hydrogens is 548 g/mol. The number of rotatable bonds is 8. The van der Waals surface area contributed by atoms with Gasteiger partial charge in [-0.1, -0.05) is 60.2 Å². The predicted molar refractivity (Wildman–Crippen MR) is 162 cm³/mol. The minimum absolute atomic E-state index is 0.140. The second-order valence-electron chi connectivity index (χ2n) is 10.3. The molecule has 0 radical (unpaired) electrons. The molecule has 2 atom stereocenters. The van der Waals surface area contributed by atoms with E-state index in [1.807, 2.05) is 68.4 Å². The first-order valence-electron chi connectivity index (χ1n) is 14.5. The Hall–Kier alpha value is -4.86. The summed E-state index contributed by atoms with van der Waals surface area (Å²) in [5.74, 6) is -0.924. The number of para-hydroxylation sites is 1. The molecule has 1 aliphatic rings. The Morgan fingerprint density at radius 3 is 2.44 bits per heavy atom. The topological polar surface area (TPSA) is 126 Å². The third-order valence-corrected chi connectivity index (χ3v) is 7.06. The van der Waals surface area contributed by atoms with Crippen LogP contribution in [-0.4, -0.2) is 73.5 Å². The number of amides is 4. The summed E-state index contributed by atoms with van der Waals surface area (Å²) in [7, 11) is 0. The molecule has 0 saturated carbocycles. The number of ether oxygens (including phenoxy) is 2. The molecule has 3 N–H and O–H groups in total. The third-order valence-electron chi connectivity index (χ3n) is 7.06. The second-order valence-corrected chi connectivity index (χ2v) is 10.3. The van der Waals surface area contributed by atoms with Crippen LogP contribution in [0.5, 0.6) is 11.5 Å². The summed E-state index contributed by atoms with van der Waals surface area (Å²) in [5, 5.41) is 8.25. The first-order valence-corrected chi connectivity index (χ1v) is 14.5. The lowest BCUT2D eigenvalue weighted by atomic mass is 10.0. The Bertz CT molecular complexity index is 1400.